The Labute approximate surface area is 201 Å². The lowest BCUT2D eigenvalue weighted by molar-refractivity contribution is -0.151. The molecule has 0 bridgehead atoms. The van der Waals surface area contributed by atoms with E-state index in [0.29, 0.717) is 17.3 Å². The number of nitrogens with one attached hydrogen (secondary N) is 1. The molecule has 5 fully saturated rings. The van der Waals surface area contributed by atoms with Crippen molar-refractivity contribution in [2.45, 2.75) is 135 Å². The average molecular weight is 454 g/mol. The zero-order chi connectivity index (χ0) is 22.6. The van der Waals surface area contributed by atoms with Gasteiger partial charge in [-0.05, 0) is 98.7 Å². The number of hydrogen-bond acceptors (Lipinski definition) is 3. The highest BCUT2D eigenvalue weighted by molar-refractivity contribution is 5.69. The van der Waals surface area contributed by atoms with Crippen LogP contribution in [0.25, 0.3) is 0 Å². The summed E-state index contributed by atoms with van der Waals surface area (Å²) in [5, 5.41) is 4.04. The van der Waals surface area contributed by atoms with Gasteiger partial charge in [0.05, 0.1) is 0 Å². The van der Waals surface area contributed by atoms with Crippen LogP contribution in [0.2, 0.25) is 0 Å². The minimum atomic E-state index is 0.0679. The Kier molecular flexibility index (Phi) is 5.95. The standard InChI is InChI=1S/C30H47NO2/c1-29-17-15-23(33-28(32)14-7-20-5-3-4-6-20)19-21(29)8-11-24-25-12-13-27(31-22-9-10-22)30(25,2)18-16-26(24)29/h8,20,22-27,31H,3-7,9-19H2,1-2H3/t23-,24-,25-,26-,27-,29-,30-/m0/s1. The highest BCUT2D eigenvalue weighted by atomic mass is 16.5. The maximum Gasteiger partial charge on any atom is 0.306 e. The first-order valence-corrected chi connectivity index (χ1v) is 14.6. The number of fused-ring (bicyclic) bond motifs is 5. The van der Waals surface area contributed by atoms with Crippen LogP contribution in [0.5, 0.6) is 0 Å². The van der Waals surface area contributed by atoms with Crippen LogP contribution in [0.1, 0.15) is 117 Å². The highest BCUT2D eigenvalue weighted by Gasteiger charge is 2.59. The summed E-state index contributed by atoms with van der Waals surface area (Å²) >= 11 is 0. The minimum absolute atomic E-state index is 0.0679. The molecule has 7 atom stereocenters. The van der Waals surface area contributed by atoms with Gasteiger partial charge in [0.1, 0.15) is 6.10 Å². The molecule has 33 heavy (non-hydrogen) atoms. The third-order valence-corrected chi connectivity index (χ3v) is 11.6. The summed E-state index contributed by atoms with van der Waals surface area (Å²) in [7, 11) is 0. The van der Waals surface area contributed by atoms with E-state index in [-0.39, 0.29) is 12.1 Å². The molecule has 6 rings (SSSR count). The van der Waals surface area contributed by atoms with Gasteiger partial charge in [-0.15, -0.1) is 0 Å². The molecule has 0 aromatic carbocycles. The molecule has 0 saturated heterocycles. The molecule has 0 spiro atoms. The lowest BCUT2D eigenvalue weighted by Crippen LogP contribution is -2.53. The van der Waals surface area contributed by atoms with E-state index in [1.807, 2.05) is 0 Å². The van der Waals surface area contributed by atoms with Crippen LogP contribution >= 0.6 is 0 Å². The van der Waals surface area contributed by atoms with E-state index < -0.39 is 0 Å². The van der Waals surface area contributed by atoms with Crippen molar-refractivity contribution in [1.82, 2.24) is 5.32 Å². The molecule has 0 aromatic rings. The first-order valence-electron chi connectivity index (χ1n) is 14.6. The van der Waals surface area contributed by atoms with E-state index in [4.69, 9.17) is 4.74 Å². The predicted molar refractivity (Wildman–Crippen MR) is 133 cm³/mol. The van der Waals surface area contributed by atoms with Gasteiger partial charge in [-0.1, -0.05) is 51.2 Å². The molecule has 1 N–H and O–H groups in total. The van der Waals surface area contributed by atoms with Crippen LogP contribution < -0.4 is 5.32 Å². The third-order valence-electron chi connectivity index (χ3n) is 11.6. The number of hydrogen-bond donors (Lipinski definition) is 1. The Bertz CT molecular complexity index is 780. The summed E-state index contributed by atoms with van der Waals surface area (Å²) in [4.78, 5) is 12.6. The molecule has 6 aliphatic rings. The largest absolute Gasteiger partial charge is 0.462 e. The molecular weight excluding hydrogens is 406 g/mol. The van der Waals surface area contributed by atoms with Crippen LogP contribution in [0, 0.1) is 34.5 Å². The maximum absolute atomic E-state index is 12.6. The number of rotatable bonds is 6. The summed E-state index contributed by atoms with van der Waals surface area (Å²) in [6.45, 7) is 5.20. The third kappa shape index (κ3) is 4.13. The molecule has 0 aromatic heterocycles. The van der Waals surface area contributed by atoms with Crippen LogP contribution in [-0.4, -0.2) is 24.2 Å². The monoisotopic (exact) mass is 453 g/mol. The number of carbonyl (C=O) groups is 1. The second-order valence-corrected chi connectivity index (χ2v) is 13.4. The molecule has 0 heterocycles. The van der Waals surface area contributed by atoms with Crippen molar-refractivity contribution in [3.63, 3.8) is 0 Å². The Morgan fingerprint density at radius 3 is 2.61 bits per heavy atom. The molecular formula is C30H47NO2. The normalized spacial score (nSPS) is 45.2. The van der Waals surface area contributed by atoms with Crippen molar-refractivity contribution >= 4 is 5.97 Å². The molecule has 0 radical (unpaired) electrons. The zero-order valence-electron chi connectivity index (χ0n) is 21.2. The van der Waals surface area contributed by atoms with Crippen molar-refractivity contribution in [2.75, 3.05) is 0 Å². The van der Waals surface area contributed by atoms with Gasteiger partial charge in [0.15, 0.2) is 0 Å². The molecule has 3 heteroatoms. The lowest BCUT2D eigenvalue weighted by atomic mass is 9.48. The molecule has 0 aliphatic heterocycles. The highest BCUT2D eigenvalue weighted by Crippen LogP contribution is 2.65. The van der Waals surface area contributed by atoms with Crippen molar-refractivity contribution in [3.05, 3.63) is 11.6 Å². The van der Waals surface area contributed by atoms with Gasteiger partial charge >= 0.3 is 5.97 Å². The lowest BCUT2D eigenvalue weighted by Gasteiger charge is -2.58. The van der Waals surface area contributed by atoms with E-state index >= 15 is 0 Å². The summed E-state index contributed by atoms with van der Waals surface area (Å²) < 4.78 is 6.04. The molecule has 6 aliphatic carbocycles. The fourth-order valence-electron chi connectivity index (χ4n) is 9.40. The van der Waals surface area contributed by atoms with Gasteiger partial charge in [-0.25, -0.2) is 0 Å². The quantitative estimate of drug-likeness (QED) is 0.349. The fourth-order valence-corrected chi connectivity index (χ4v) is 9.40. The molecule has 3 nitrogen and oxygen atoms in total. The van der Waals surface area contributed by atoms with Crippen molar-refractivity contribution in [2.24, 2.45) is 34.5 Å². The smallest absolute Gasteiger partial charge is 0.306 e. The van der Waals surface area contributed by atoms with Crippen LogP contribution in [0.15, 0.2) is 11.6 Å². The first kappa shape index (κ1) is 22.6. The van der Waals surface area contributed by atoms with E-state index in [1.165, 1.54) is 77.0 Å². The number of esters is 1. The molecule has 0 unspecified atom stereocenters. The molecule has 0 amide bonds. The van der Waals surface area contributed by atoms with E-state index in [2.05, 4.69) is 25.2 Å². The SMILES string of the molecule is C[C@]12CC[C@H]3[C@@H](CC=C4C[C@@H](OC(=O)CCC5CCCC5)CC[C@@]43C)[C@@H]1CC[C@@H]2NC1CC1. The van der Waals surface area contributed by atoms with E-state index in [0.717, 1.165) is 55.0 Å². The second-order valence-electron chi connectivity index (χ2n) is 13.4. The first-order chi connectivity index (χ1) is 16.0. The fraction of sp³-hybridized carbons (Fsp3) is 0.900. The number of carbonyl (C=O) groups excluding carboxylic acids is 1. The van der Waals surface area contributed by atoms with Crippen molar-refractivity contribution in [3.8, 4) is 0 Å². The van der Waals surface area contributed by atoms with Crippen LogP contribution in [0.3, 0.4) is 0 Å². The summed E-state index contributed by atoms with van der Waals surface area (Å²) in [5.41, 5.74) is 2.49. The second kappa shape index (κ2) is 8.68. The zero-order valence-corrected chi connectivity index (χ0v) is 21.2. The Morgan fingerprint density at radius 1 is 1.00 bits per heavy atom. The number of allylic oxidation sites excluding steroid dienone is 1. The number of ether oxygens (including phenoxy) is 1. The van der Waals surface area contributed by atoms with Gasteiger partial charge < -0.3 is 10.1 Å². The van der Waals surface area contributed by atoms with Crippen LogP contribution in [-0.2, 0) is 9.53 Å². The van der Waals surface area contributed by atoms with E-state index in [9.17, 15) is 4.79 Å². The summed E-state index contributed by atoms with van der Waals surface area (Å²) in [6.07, 6.45) is 22.8. The van der Waals surface area contributed by atoms with Gasteiger partial charge in [-0.2, -0.15) is 0 Å². The molecule has 184 valence electrons. The van der Waals surface area contributed by atoms with Gasteiger partial charge in [0.25, 0.3) is 0 Å². The van der Waals surface area contributed by atoms with Gasteiger partial charge in [-0.3, -0.25) is 4.79 Å². The summed E-state index contributed by atoms with van der Waals surface area (Å²) in [5.74, 6) is 3.45. The van der Waals surface area contributed by atoms with Crippen molar-refractivity contribution < 1.29 is 9.53 Å². The topological polar surface area (TPSA) is 38.3 Å². The Hall–Kier alpha value is -0.830. The van der Waals surface area contributed by atoms with Crippen molar-refractivity contribution in [1.29, 1.82) is 0 Å². The Balaban J connectivity index is 1.09. The average Bonchev–Trinajstić information content (AvgIpc) is 3.34. The van der Waals surface area contributed by atoms with Crippen LogP contribution in [0.4, 0.5) is 0 Å². The maximum atomic E-state index is 12.6. The Morgan fingerprint density at radius 2 is 1.82 bits per heavy atom. The molecule has 5 saturated carbocycles. The van der Waals surface area contributed by atoms with E-state index in [1.54, 1.807) is 5.57 Å². The van der Waals surface area contributed by atoms with Gasteiger partial charge in [0.2, 0.25) is 0 Å². The predicted octanol–water partition coefficient (Wildman–Crippen LogP) is 6.95. The summed E-state index contributed by atoms with van der Waals surface area (Å²) in [6, 6.07) is 1.59. The minimum Gasteiger partial charge on any atom is -0.462 e. The van der Waals surface area contributed by atoms with Gasteiger partial charge in [0, 0.05) is 24.9 Å².